The lowest BCUT2D eigenvalue weighted by Gasteiger charge is -2.27. The van der Waals surface area contributed by atoms with Crippen molar-refractivity contribution in [2.45, 2.75) is 44.7 Å². The summed E-state index contributed by atoms with van der Waals surface area (Å²) < 4.78 is 0. The molecule has 1 saturated heterocycles. The fourth-order valence-electron chi connectivity index (χ4n) is 2.10. The van der Waals surface area contributed by atoms with E-state index in [1.807, 2.05) is 0 Å². The van der Waals surface area contributed by atoms with Crippen LogP contribution in [-0.2, 0) is 9.59 Å². The first kappa shape index (κ1) is 12.4. The van der Waals surface area contributed by atoms with Gasteiger partial charge in [-0.3, -0.25) is 9.59 Å². The van der Waals surface area contributed by atoms with E-state index in [0.717, 1.165) is 32.2 Å². The zero-order valence-electron chi connectivity index (χ0n) is 10.3. The van der Waals surface area contributed by atoms with Gasteiger partial charge in [-0.1, -0.05) is 6.92 Å². The van der Waals surface area contributed by atoms with Crippen LogP contribution in [0.15, 0.2) is 0 Å². The van der Waals surface area contributed by atoms with Crippen LogP contribution in [0.3, 0.4) is 0 Å². The largest absolute Gasteiger partial charge is 0.352 e. The smallest absolute Gasteiger partial charge is 0.239 e. The van der Waals surface area contributed by atoms with Crippen LogP contribution in [0.5, 0.6) is 0 Å². The molecule has 0 bridgehead atoms. The topological polar surface area (TPSA) is 70.2 Å². The quantitative estimate of drug-likeness (QED) is 0.634. The standard InChI is InChI=1S/C12H21N3O2/c1-8-4-5-13-10(6-8)12(17)14-7-11(16)15-9-2-3-9/h8-10,13H,2-7H2,1H3,(H,14,17)(H,15,16). The summed E-state index contributed by atoms with van der Waals surface area (Å²) >= 11 is 0. The highest BCUT2D eigenvalue weighted by Crippen LogP contribution is 2.18. The SMILES string of the molecule is CC1CCNC(C(=O)NCC(=O)NC2CC2)C1. The summed E-state index contributed by atoms with van der Waals surface area (Å²) in [5.41, 5.74) is 0. The first-order valence-electron chi connectivity index (χ1n) is 6.45. The van der Waals surface area contributed by atoms with Gasteiger partial charge in [-0.2, -0.15) is 0 Å². The van der Waals surface area contributed by atoms with Crippen LogP contribution < -0.4 is 16.0 Å². The zero-order chi connectivity index (χ0) is 12.3. The Morgan fingerprint density at radius 1 is 1.29 bits per heavy atom. The summed E-state index contributed by atoms with van der Waals surface area (Å²) in [6, 6.07) is 0.222. The van der Waals surface area contributed by atoms with Gasteiger partial charge in [0.2, 0.25) is 11.8 Å². The van der Waals surface area contributed by atoms with Gasteiger partial charge in [0, 0.05) is 6.04 Å². The molecule has 2 amide bonds. The average Bonchev–Trinajstić information content (AvgIpc) is 3.10. The van der Waals surface area contributed by atoms with Gasteiger partial charge < -0.3 is 16.0 Å². The van der Waals surface area contributed by atoms with Crippen molar-refractivity contribution in [1.82, 2.24) is 16.0 Å². The van der Waals surface area contributed by atoms with Crippen molar-refractivity contribution in [1.29, 1.82) is 0 Å². The lowest BCUT2D eigenvalue weighted by Crippen LogP contribution is -2.50. The van der Waals surface area contributed by atoms with Crippen molar-refractivity contribution in [2.75, 3.05) is 13.1 Å². The first-order valence-corrected chi connectivity index (χ1v) is 6.45. The number of nitrogens with one attached hydrogen (secondary N) is 3. The summed E-state index contributed by atoms with van der Waals surface area (Å²) in [4.78, 5) is 23.2. The molecule has 5 nitrogen and oxygen atoms in total. The summed E-state index contributed by atoms with van der Waals surface area (Å²) in [7, 11) is 0. The summed E-state index contributed by atoms with van der Waals surface area (Å²) in [6.07, 6.45) is 4.12. The molecule has 2 atom stereocenters. The Bertz CT molecular complexity index is 302. The Morgan fingerprint density at radius 3 is 2.71 bits per heavy atom. The van der Waals surface area contributed by atoms with Crippen LogP contribution in [0.25, 0.3) is 0 Å². The number of carbonyl (C=O) groups is 2. The number of piperidine rings is 1. The van der Waals surface area contributed by atoms with E-state index < -0.39 is 0 Å². The highest BCUT2D eigenvalue weighted by molar-refractivity contribution is 5.87. The third-order valence-electron chi connectivity index (χ3n) is 3.35. The van der Waals surface area contributed by atoms with Crippen LogP contribution in [0.1, 0.15) is 32.6 Å². The minimum Gasteiger partial charge on any atom is -0.352 e. The molecule has 0 aromatic heterocycles. The first-order chi connectivity index (χ1) is 8.15. The molecule has 5 heteroatoms. The van der Waals surface area contributed by atoms with Crippen LogP contribution in [0.4, 0.5) is 0 Å². The molecule has 2 fully saturated rings. The predicted octanol–water partition coefficient (Wildman–Crippen LogP) is -0.231. The van der Waals surface area contributed by atoms with Crippen molar-refractivity contribution in [3.8, 4) is 0 Å². The highest BCUT2D eigenvalue weighted by atomic mass is 16.2. The monoisotopic (exact) mass is 239 g/mol. The number of hydrogen-bond donors (Lipinski definition) is 3. The molecule has 0 spiro atoms. The van der Waals surface area contributed by atoms with E-state index in [1.165, 1.54) is 0 Å². The molecule has 17 heavy (non-hydrogen) atoms. The van der Waals surface area contributed by atoms with E-state index in [1.54, 1.807) is 0 Å². The summed E-state index contributed by atoms with van der Waals surface area (Å²) in [5, 5.41) is 8.72. The normalized spacial score (nSPS) is 28.5. The number of hydrogen-bond acceptors (Lipinski definition) is 3. The van der Waals surface area contributed by atoms with Gasteiger partial charge in [-0.15, -0.1) is 0 Å². The Hall–Kier alpha value is -1.10. The zero-order valence-corrected chi connectivity index (χ0v) is 10.3. The lowest BCUT2D eigenvalue weighted by atomic mass is 9.94. The molecular weight excluding hydrogens is 218 g/mol. The van der Waals surface area contributed by atoms with Crippen LogP contribution in [0.2, 0.25) is 0 Å². The molecular formula is C12H21N3O2. The number of amides is 2. The van der Waals surface area contributed by atoms with Crippen molar-refractivity contribution in [3.63, 3.8) is 0 Å². The second-order valence-electron chi connectivity index (χ2n) is 5.20. The van der Waals surface area contributed by atoms with Crippen molar-refractivity contribution in [2.24, 2.45) is 5.92 Å². The molecule has 0 aromatic carbocycles. The Kier molecular flexibility index (Phi) is 3.99. The maximum absolute atomic E-state index is 11.8. The van der Waals surface area contributed by atoms with Gasteiger partial charge in [0.1, 0.15) is 0 Å². The number of carbonyl (C=O) groups excluding carboxylic acids is 2. The van der Waals surface area contributed by atoms with Gasteiger partial charge in [0.15, 0.2) is 0 Å². The Balaban J connectivity index is 1.66. The van der Waals surface area contributed by atoms with Crippen molar-refractivity contribution >= 4 is 11.8 Å². The Labute approximate surface area is 102 Å². The molecule has 1 heterocycles. The van der Waals surface area contributed by atoms with Gasteiger partial charge in [0.05, 0.1) is 12.6 Å². The summed E-state index contributed by atoms with van der Waals surface area (Å²) in [5.74, 6) is 0.444. The maximum atomic E-state index is 11.8. The van der Waals surface area contributed by atoms with Gasteiger partial charge in [-0.25, -0.2) is 0 Å². The maximum Gasteiger partial charge on any atom is 0.239 e. The fraction of sp³-hybridized carbons (Fsp3) is 0.833. The molecule has 1 aliphatic heterocycles. The molecule has 2 rings (SSSR count). The molecule has 0 aromatic rings. The van der Waals surface area contributed by atoms with Gasteiger partial charge >= 0.3 is 0 Å². The molecule has 2 aliphatic rings. The lowest BCUT2D eigenvalue weighted by molar-refractivity contribution is -0.127. The third kappa shape index (κ3) is 4.00. The predicted molar refractivity (Wildman–Crippen MR) is 64.4 cm³/mol. The van der Waals surface area contributed by atoms with E-state index in [0.29, 0.717) is 12.0 Å². The summed E-state index contributed by atoms with van der Waals surface area (Å²) in [6.45, 7) is 3.14. The molecule has 2 unspecified atom stereocenters. The van der Waals surface area contributed by atoms with Crippen LogP contribution in [-0.4, -0.2) is 37.0 Å². The second-order valence-corrected chi connectivity index (χ2v) is 5.20. The number of rotatable bonds is 4. The van der Waals surface area contributed by atoms with E-state index in [9.17, 15) is 9.59 Å². The van der Waals surface area contributed by atoms with E-state index in [-0.39, 0.29) is 24.4 Å². The van der Waals surface area contributed by atoms with E-state index in [4.69, 9.17) is 0 Å². The van der Waals surface area contributed by atoms with Crippen molar-refractivity contribution < 1.29 is 9.59 Å². The van der Waals surface area contributed by atoms with Crippen LogP contribution in [0, 0.1) is 5.92 Å². The highest BCUT2D eigenvalue weighted by Gasteiger charge is 2.26. The molecule has 96 valence electrons. The van der Waals surface area contributed by atoms with Crippen LogP contribution >= 0.6 is 0 Å². The molecule has 1 aliphatic carbocycles. The van der Waals surface area contributed by atoms with Gasteiger partial charge in [0.25, 0.3) is 0 Å². The minimum absolute atomic E-state index is 0.0532. The van der Waals surface area contributed by atoms with Crippen molar-refractivity contribution in [3.05, 3.63) is 0 Å². The van der Waals surface area contributed by atoms with Gasteiger partial charge in [-0.05, 0) is 38.1 Å². The molecule has 3 N–H and O–H groups in total. The Morgan fingerprint density at radius 2 is 2.06 bits per heavy atom. The third-order valence-corrected chi connectivity index (χ3v) is 3.35. The molecule has 1 saturated carbocycles. The average molecular weight is 239 g/mol. The fourth-order valence-corrected chi connectivity index (χ4v) is 2.10. The minimum atomic E-state index is -0.132. The second kappa shape index (κ2) is 5.49. The molecule has 0 radical (unpaired) electrons. The van der Waals surface area contributed by atoms with E-state index in [2.05, 4.69) is 22.9 Å². The van der Waals surface area contributed by atoms with E-state index >= 15 is 0 Å².